The second kappa shape index (κ2) is 4.11. The van der Waals surface area contributed by atoms with Gasteiger partial charge in [0.05, 0.1) is 5.03 Å². The van der Waals surface area contributed by atoms with E-state index in [1.165, 1.54) is 12.0 Å². The summed E-state index contributed by atoms with van der Waals surface area (Å²) in [6.07, 6.45) is 3.20. The predicted molar refractivity (Wildman–Crippen MR) is 56.1 cm³/mol. The first kappa shape index (κ1) is 9.03. The molecule has 0 spiro atoms. The summed E-state index contributed by atoms with van der Waals surface area (Å²) in [4.78, 5) is 4.38. The van der Waals surface area contributed by atoms with Crippen molar-refractivity contribution in [3.05, 3.63) is 23.9 Å². The lowest BCUT2D eigenvalue weighted by Gasteiger charge is -2.06. The summed E-state index contributed by atoms with van der Waals surface area (Å²) in [5.41, 5.74) is 1.23. The van der Waals surface area contributed by atoms with Gasteiger partial charge in [0.2, 0.25) is 0 Å². The molecule has 2 rings (SSSR count). The van der Waals surface area contributed by atoms with Gasteiger partial charge in [-0.2, -0.15) is 0 Å². The summed E-state index contributed by atoms with van der Waals surface area (Å²) in [6, 6.07) is 4.23. The quantitative estimate of drug-likeness (QED) is 0.777. The number of hydrogen-bond donors (Lipinski definition) is 1. The summed E-state index contributed by atoms with van der Waals surface area (Å²) >= 11 is 1.89. The van der Waals surface area contributed by atoms with Gasteiger partial charge in [-0.3, -0.25) is 0 Å². The van der Waals surface area contributed by atoms with Crippen LogP contribution in [-0.4, -0.2) is 23.3 Å². The summed E-state index contributed by atoms with van der Waals surface area (Å²) in [7, 11) is 0. The summed E-state index contributed by atoms with van der Waals surface area (Å²) in [6.45, 7) is 4.35. The molecule has 0 unspecified atom stereocenters. The molecule has 0 bridgehead atoms. The van der Waals surface area contributed by atoms with E-state index in [0.717, 1.165) is 23.4 Å². The number of aryl methyl sites for hydroxylation is 1. The first-order valence-electron chi connectivity index (χ1n) is 4.64. The van der Waals surface area contributed by atoms with Crippen LogP contribution in [0, 0.1) is 6.92 Å². The van der Waals surface area contributed by atoms with E-state index >= 15 is 0 Å². The third-order valence-electron chi connectivity index (χ3n) is 2.19. The standard InChI is InChI=1S/C10H14N2S/c1-8-2-3-10(12-6-8)13-9-4-5-11-7-9/h2-3,6,9,11H,4-5,7H2,1H3/t9-/m1/s1. The largest absolute Gasteiger partial charge is 0.316 e. The molecule has 0 amide bonds. The zero-order valence-corrected chi connectivity index (χ0v) is 8.60. The fourth-order valence-corrected chi connectivity index (χ4v) is 2.46. The smallest absolute Gasteiger partial charge is 0.0963 e. The topological polar surface area (TPSA) is 24.9 Å². The summed E-state index contributed by atoms with van der Waals surface area (Å²) in [5, 5.41) is 5.23. The van der Waals surface area contributed by atoms with Crippen molar-refractivity contribution in [2.24, 2.45) is 0 Å². The molecular formula is C10H14N2S. The van der Waals surface area contributed by atoms with Crippen LogP contribution in [0.1, 0.15) is 12.0 Å². The van der Waals surface area contributed by atoms with Crippen LogP contribution < -0.4 is 5.32 Å². The van der Waals surface area contributed by atoms with Crippen molar-refractivity contribution >= 4 is 11.8 Å². The van der Waals surface area contributed by atoms with Gasteiger partial charge in [-0.15, -0.1) is 11.8 Å². The predicted octanol–water partition coefficient (Wildman–Crippen LogP) is 1.84. The Morgan fingerprint density at radius 1 is 1.54 bits per heavy atom. The molecule has 0 aromatic carbocycles. The monoisotopic (exact) mass is 194 g/mol. The zero-order chi connectivity index (χ0) is 9.10. The SMILES string of the molecule is Cc1ccc(S[C@@H]2CCNC2)nc1. The zero-order valence-electron chi connectivity index (χ0n) is 7.79. The fraction of sp³-hybridized carbons (Fsp3) is 0.500. The lowest BCUT2D eigenvalue weighted by atomic mass is 10.3. The Kier molecular flexibility index (Phi) is 2.86. The second-order valence-electron chi connectivity index (χ2n) is 3.41. The lowest BCUT2D eigenvalue weighted by Crippen LogP contribution is -2.10. The molecule has 1 aromatic heterocycles. The Balaban J connectivity index is 1.97. The van der Waals surface area contributed by atoms with Crippen molar-refractivity contribution in [1.29, 1.82) is 0 Å². The van der Waals surface area contributed by atoms with Gasteiger partial charge in [0, 0.05) is 18.0 Å². The summed E-state index contributed by atoms with van der Waals surface area (Å²) < 4.78 is 0. The van der Waals surface area contributed by atoms with Crippen LogP contribution in [0.2, 0.25) is 0 Å². The van der Waals surface area contributed by atoms with Crippen molar-refractivity contribution in [3.63, 3.8) is 0 Å². The highest BCUT2D eigenvalue weighted by Gasteiger charge is 2.15. The lowest BCUT2D eigenvalue weighted by molar-refractivity contribution is 0.858. The third-order valence-corrected chi connectivity index (χ3v) is 3.41. The highest BCUT2D eigenvalue weighted by atomic mass is 32.2. The van der Waals surface area contributed by atoms with Gasteiger partial charge in [0.15, 0.2) is 0 Å². The molecule has 1 aromatic rings. The first-order chi connectivity index (χ1) is 6.34. The molecule has 0 saturated carbocycles. The number of thioether (sulfide) groups is 1. The first-order valence-corrected chi connectivity index (χ1v) is 5.52. The molecule has 1 N–H and O–H groups in total. The molecule has 70 valence electrons. The average molecular weight is 194 g/mol. The van der Waals surface area contributed by atoms with Gasteiger partial charge in [-0.05, 0) is 31.5 Å². The Morgan fingerprint density at radius 3 is 3.08 bits per heavy atom. The second-order valence-corrected chi connectivity index (χ2v) is 4.73. The van der Waals surface area contributed by atoms with Crippen molar-refractivity contribution in [2.45, 2.75) is 23.6 Å². The highest BCUT2D eigenvalue weighted by Crippen LogP contribution is 2.24. The number of pyridine rings is 1. The molecule has 13 heavy (non-hydrogen) atoms. The van der Waals surface area contributed by atoms with Gasteiger partial charge in [0.1, 0.15) is 0 Å². The number of rotatable bonds is 2. The van der Waals surface area contributed by atoms with E-state index in [-0.39, 0.29) is 0 Å². The minimum atomic E-state index is 0.718. The van der Waals surface area contributed by atoms with Crippen molar-refractivity contribution in [2.75, 3.05) is 13.1 Å². The summed E-state index contributed by atoms with van der Waals surface area (Å²) in [5.74, 6) is 0. The van der Waals surface area contributed by atoms with Gasteiger partial charge in [-0.25, -0.2) is 4.98 Å². The maximum atomic E-state index is 4.38. The van der Waals surface area contributed by atoms with Crippen molar-refractivity contribution < 1.29 is 0 Å². The van der Waals surface area contributed by atoms with E-state index in [4.69, 9.17) is 0 Å². The molecule has 1 aliphatic heterocycles. The number of hydrogen-bond acceptors (Lipinski definition) is 3. The van der Waals surface area contributed by atoms with Crippen LogP contribution in [0.5, 0.6) is 0 Å². The number of nitrogens with one attached hydrogen (secondary N) is 1. The number of nitrogens with zero attached hydrogens (tertiary/aromatic N) is 1. The highest BCUT2D eigenvalue weighted by molar-refractivity contribution is 7.99. The third kappa shape index (κ3) is 2.45. The van der Waals surface area contributed by atoms with Gasteiger partial charge >= 0.3 is 0 Å². The Hall–Kier alpha value is -0.540. The van der Waals surface area contributed by atoms with E-state index in [9.17, 15) is 0 Å². The van der Waals surface area contributed by atoms with Crippen molar-refractivity contribution in [3.8, 4) is 0 Å². The number of aromatic nitrogens is 1. The van der Waals surface area contributed by atoms with Crippen LogP contribution >= 0.6 is 11.8 Å². The Labute approximate surface area is 83.1 Å². The molecule has 1 aliphatic rings. The molecule has 0 radical (unpaired) electrons. The fourth-order valence-electron chi connectivity index (χ4n) is 1.42. The normalized spacial score (nSPS) is 22.1. The van der Waals surface area contributed by atoms with Crippen LogP contribution in [0.25, 0.3) is 0 Å². The van der Waals surface area contributed by atoms with Crippen LogP contribution in [0.4, 0.5) is 0 Å². The van der Waals surface area contributed by atoms with Crippen molar-refractivity contribution in [1.82, 2.24) is 10.3 Å². The van der Waals surface area contributed by atoms with Crippen LogP contribution in [0.15, 0.2) is 23.4 Å². The van der Waals surface area contributed by atoms with E-state index < -0.39 is 0 Å². The molecule has 2 nitrogen and oxygen atoms in total. The van der Waals surface area contributed by atoms with E-state index in [2.05, 4.69) is 29.4 Å². The van der Waals surface area contributed by atoms with E-state index in [0.29, 0.717) is 0 Å². The molecule has 3 heteroatoms. The average Bonchev–Trinajstić information content (AvgIpc) is 2.62. The maximum Gasteiger partial charge on any atom is 0.0963 e. The molecule has 2 heterocycles. The maximum absolute atomic E-state index is 4.38. The molecule has 1 atom stereocenters. The van der Waals surface area contributed by atoms with Crippen LogP contribution in [0.3, 0.4) is 0 Å². The molecule has 1 saturated heterocycles. The van der Waals surface area contributed by atoms with E-state index in [1.807, 2.05) is 18.0 Å². The molecular weight excluding hydrogens is 180 g/mol. The van der Waals surface area contributed by atoms with E-state index in [1.54, 1.807) is 0 Å². The van der Waals surface area contributed by atoms with Gasteiger partial charge in [0.25, 0.3) is 0 Å². The van der Waals surface area contributed by atoms with Gasteiger partial charge < -0.3 is 5.32 Å². The minimum absolute atomic E-state index is 0.718. The minimum Gasteiger partial charge on any atom is -0.316 e. The molecule has 1 fully saturated rings. The van der Waals surface area contributed by atoms with Crippen LogP contribution in [-0.2, 0) is 0 Å². The Morgan fingerprint density at radius 2 is 2.46 bits per heavy atom. The van der Waals surface area contributed by atoms with Gasteiger partial charge in [-0.1, -0.05) is 6.07 Å². The Bertz CT molecular complexity index is 265. The molecule has 0 aliphatic carbocycles.